The number of nitrogens with two attached hydrogens (primary N) is 1. The molecule has 0 amide bonds. The molecule has 2 aromatic rings. The number of ether oxygens (including phenoxy) is 2. The summed E-state index contributed by atoms with van der Waals surface area (Å²) in [4.78, 5) is 1.00. The number of nitrogen functional groups attached to an aromatic ring is 1. The lowest BCUT2D eigenvalue weighted by Crippen LogP contribution is -1.95. The zero-order valence-electron chi connectivity index (χ0n) is 11.1. The maximum atomic E-state index is 6.03. The molecule has 0 aromatic heterocycles. The van der Waals surface area contributed by atoms with Gasteiger partial charge in [-0.3, -0.25) is 0 Å². The molecule has 0 fully saturated rings. The van der Waals surface area contributed by atoms with E-state index in [2.05, 4.69) is 12.1 Å². The lowest BCUT2D eigenvalue weighted by atomic mass is 10.2. The first-order chi connectivity index (χ1) is 9.24. The van der Waals surface area contributed by atoms with Crippen LogP contribution in [-0.4, -0.2) is 14.2 Å². The van der Waals surface area contributed by atoms with E-state index in [1.54, 1.807) is 32.0 Å². The fourth-order valence-corrected chi connectivity index (χ4v) is 2.67. The maximum Gasteiger partial charge on any atom is 0.162 e. The molecule has 0 aliphatic rings. The van der Waals surface area contributed by atoms with E-state index in [1.807, 2.05) is 24.3 Å². The van der Waals surface area contributed by atoms with Gasteiger partial charge in [0.25, 0.3) is 0 Å². The summed E-state index contributed by atoms with van der Waals surface area (Å²) < 4.78 is 10.5. The van der Waals surface area contributed by atoms with E-state index in [9.17, 15) is 0 Å². The predicted molar refractivity (Wildman–Crippen MR) is 80.0 cm³/mol. The summed E-state index contributed by atoms with van der Waals surface area (Å²) in [5.74, 6) is 2.23. The Kier molecular flexibility index (Phi) is 4.58. The highest BCUT2D eigenvalue weighted by molar-refractivity contribution is 7.98. The van der Waals surface area contributed by atoms with Gasteiger partial charge in [0.2, 0.25) is 0 Å². The number of hydrogen-bond acceptors (Lipinski definition) is 4. The molecule has 2 N–H and O–H groups in total. The molecule has 0 bridgehead atoms. The van der Waals surface area contributed by atoms with Crippen LogP contribution in [-0.2, 0) is 5.75 Å². The molecule has 0 spiro atoms. The second kappa shape index (κ2) is 6.38. The van der Waals surface area contributed by atoms with E-state index < -0.39 is 0 Å². The fraction of sp³-hybridized carbons (Fsp3) is 0.200. The third kappa shape index (κ3) is 3.35. The SMILES string of the molecule is COc1cc(N)c(SCc2ccccc2)cc1OC. The van der Waals surface area contributed by atoms with Gasteiger partial charge in [-0.2, -0.15) is 0 Å². The molecule has 2 rings (SSSR count). The van der Waals surface area contributed by atoms with Crippen LogP contribution >= 0.6 is 11.8 Å². The van der Waals surface area contributed by atoms with Crippen LogP contribution in [0.2, 0.25) is 0 Å². The second-order valence-corrected chi connectivity index (χ2v) is 5.04. The molecule has 3 nitrogen and oxygen atoms in total. The molecule has 0 radical (unpaired) electrons. The largest absolute Gasteiger partial charge is 0.493 e. The Bertz CT molecular complexity index is 543. The molecule has 19 heavy (non-hydrogen) atoms. The highest BCUT2D eigenvalue weighted by Crippen LogP contribution is 2.37. The number of rotatable bonds is 5. The van der Waals surface area contributed by atoms with Gasteiger partial charge in [-0.1, -0.05) is 30.3 Å². The lowest BCUT2D eigenvalue weighted by Gasteiger charge is -2.12. The highest BCUT2D eigenvalue weighted by Gasteiger charge is 2.09. The van der Waals surface area contributed by atoms with Crippen LogP contribution in [0.15, 0.2) is 47.4 Å². The first kappa shape index (κ1) is 13.6. The van der Waals surface area contributed by atoms with Gasteiger partial charge in [-0.25, -0.2) is 0 Å². The summed E-state index contributed by atoms with van der Waals surface area (Å²) >= 11 is 1.69. The smallest absolute Gasteiger partial charge is 0.162 e. The average molecular weight is 275 g/mol. The Balaban J connectivity index is 2.16. The minimum absolute atomic E-state index is 0.657. The van der Waals surface area contributed by atoms with Crippen molar-refractivity contribution in [2.45, 2.75) is 10.6 Å². The number of thioether (sulfide) groups is 1. The minimum atomic E-state index is 0.657. The quantitative estimate of drug-likeness (QED) is 0.669. The summed E-state index contributed by atoms with van der Waals surface area (Å²) in [6.45, 7) is 0. The topological polar surface area (TPSA) is 44.5 Å². The van der Waals surface area contributed by atoms with Crippen molar-refractivity contribution >= 4 is 17.4 Å². The maximum absolute atomic E-state index is 6.03. The second-order valence-electron chi connectivity index (χ2n) is 4.02. The van der Waals surface area contributed by atoms with Crippen LogP contribution in [0.25, 0.3) is 0 Å². The van der Waals surface area contributed by atoms with E-state index in [0.717, 1.165) is 10.6 Å². The first-order valence-corrected chi connectivity index (χ1v) is 6.91. The number of anilines is 1. The molecule has 0 aliphatic heterocycles. The Morgan fingerprint density at radius 2 is 1.63 bits per heavy atom. The van der Waals surface area contributed by atoms with Gasteiger partial charge >= 0.3 is 0 Å². The summed E-state index contributed by atoms with van der Waals surface area (Å²) in [6.07, 6.45) is 0. The van der Waals surface area contributed by atoms with E-state index in [-0.39, 0.29) is 0 Å². The molecular formula is C15H17NO2S. The Hall–Kier alpha value is -1.81. The Morgan fingerprint density at radius 1 is 1.00 bits per heavy atom. The normalized spacial score (nSPS) is 10.2. The van der Waals surface area contributed by atoms with Crippen LogP contribution < -0.4 is 15.2 Å². The van der Waals surface area contributed by atoms with Gasteiger partial charge in [0.05, 0.1) is 14.2 Å². The Morgan fingerprint density at radius 3 is 2.26 bits per heavy atom. The van der Waals surface area contributed by atoms with Crippen LogP contribution in [0.3, 0.4) is 0 Å². The Labute approximate surface area is 117 Å². The molecule has 4 heteroatoms. The lowest BCUT2D eigenvalue weighted by molar-refractivity contribution is 0.354. The third-order valence-electron chi connectivity index (χ3n) is 2.75. The standard InChI is InChI=1S/C15H17NO2S/c1-17-13-8-12(16)15(9-14(13)18-2)19-10-11-6-4-3-5-7-11/h3-9H,10,16H2,1-2H3. The molecular weight excluding hydrogens is 258 g/mol. The predicted octanol–water partition coefficient (Wildman–Crippen LogP) is 3.58. The molecule has 2 aromatic carbocycles. The average Bonchev–Trinajstić information content (AvgIpc) is 2.46. The van der Waals surface area contributed by atoms with E-state index >= 15 is 0 Å². The highest BCUT2D eigenvalue weighted by atomic mass is 32.2. The van der Waals surface area contributed by atoms with E-state index in [0.29, 0.717) is 17.2 Å². The number of benzene rings is 2. The molecule has 0 aliphatic carbocycles. The molecule has 100 valence electrons. The van der Waals surface area contributed by atoms with Gasteiger partial charge in [-0.15, -0.1) is 11.8 Å². The van der Waals surface area contributed by atoms with Crippen molar-refractivity contribution in [3.05, 3.63) is 48.0 Å². The molecule has 0 saturated carbocycles. The van der Waals surface area contributed by atoms with Crippen molar-refractivity contribution in [3.8, 4) is 11.5 Å². The van der Waals surface area contributed by atoms with Crippen molar-refractivity contribution in [1.29, 1.82) is 0 Å². The minimum Gasteiger partial charge on any atom is -0.493 e. The zero-order valence-corrected chi connectivity index (χ0v) is 11.9. The monoisotopic (exact) mass is 275 g/mol. The van der Waals surface area contributed by atoms with Gasteiger partial charge in [0.15, 0.2) is 11.5 Å². The first-order valence-electron chi connectivity index (χ1n) is 5.93. The number of methoxy groups -OCH3 is 2. The summed E-state index contributed by atoms with van der Waals surface area (Å²) in [7, 11) is 3.23. The molecule has 0 atom stereocenters. The van der Waals surface area contributed by atoms with Crippen molar-refractivity contribution < 1.29 is 9.47 Å². The van der Waals surface area contributed by atoms with Crippen molar-refractivity contribution in [2.24, 2.45) is 0 Å². The fourth-order valence-electron chi connectivity index (χ4n) is 1.74. The van der Waals surface area contributed by atoms with Gasteiger partial charge in [0, 0.05) is 22.4 Å². The molecule has 0 heterocycles. The number of hydrogen-bond donors (Lipinski definition) is 1. The van der Waals surface area contributed by atoms with Crippen molar-refractivity contribution in [2.75, 3.05) is 20.0 Å². The van der Waals surface area contributed by atoms with Crippen LogP contribution in [0.5, 0.6) is 11.5 Å². The van der Waals surface area contributed by atoms with Gasteiger partial charge in [-0.05, 0) is 11.6 Å². The summed E-state index contributed by atoms with van der Waals surface area (Å²) in [5, 5.41) is 0. The van der Waals surface area contributed by atoms with Crippen LogP contribution in [0, 0.1) is 0 Å². The van der Waals surface area contributed by atoms with Crippen molar-refractivity contribution in [3.63, 3.8) is 0 Å². The zero-order chi connectivity index (χ0) is 13.7. The summed E-state index contributed by atoms with van der Waals surface area (Å²) in [6, 6.07) is 14.0. The third-order valence-corrected chi connectivity index (χ3v) is 3.90. The van der Waals surface area contributed by atoms with E-state index in [1.165, 1.54) is 5.56 Å². The van der Waals surface area contributed by atoms with Gasteiger partial charge < -0.3 is 15.2 Å². The van der Waals surface area contributed by atoms with E-state index in [4.69, 9.17) is 15.2 Å². The van der Waals surface area contributed by atoms with Gasteiger partial charge in [0.1, 0.15) is 0 Å². The summed E-state index contributed by atoms with van der Waals surface area (Å²) in [5.41, 5.74) is 8.00. The van der Waals surface area contributed by atoms with Crippen molar-refractivity contribution in [1.82, 2.24) is 0 Å². The van der Waals surface area contributed by atoms with Crippen LogP contribution in [0.1, 0.15) is 5.56 Å². The molecule has 0 unspecified atom stereocenters. The molecule has 0 saturated heterocycles. The van der Waals surface area contributed by atoms with Crippen LogP contribution in [0.4, 0.5) is 5.69 Å².